The second-order valence-corrected chi connectivity index (χ2v) is 10.3. The third-order valence-corrected chi connectivity index (χ3v) is 7.34. The first kappa shape index (κ1) is 28.4. The number of hydrogen-bond donors (Lipinski definition) is 2. The summed E-state index contributed by atoms with van der Waals surface area (Å²) in [6.07, 6.45) is -5.58. The summed E-state index contributed by atoms with van der Waals surface area (Å²) >= 11 is -2.35. The molecule has 5 rings (SSSR count). The van der Waals surface area contributed by atoms with Crippen LogP contribution < -0.4 is 14.8 Å². The Hall–Kier alpha value is -4.08. The fourth-order valence-electron chi connectivity index (χ4n) is 4.37. The minimum atomic E-state index is -3.89. The van der Waals surface area contributed by atoms with Gasteiger partial charge >= 0.3 is 6.29 Å². The van der Waals surface area contributed by atoms with Gasteiger partial charge in [0.05, 0.1) is 35.9 Å². The molecule has 10 nitrogen and oxygen atoms in total. The van der Waals surface area contributed by atoms with Gasteiger partial charge in [0.15, 0.2) is 17.3 Å². The molecule has 1 aliphatic rings. The summed E-state index contributed by atoms with van der Waals surface area (Å²) in [7, 11) is 0. The monoisotopic (exact) mass is 593 g/mol. The van der Waals surface area contributed by atoms with Gasteiger partial charge in [-0.05, 0) is 53.9 Å². The molecule has 15 heteroatoms. The summed E-state index contributed by atoms with van der Waals surface area (Å²) in [5.74, 6) is -1.81. The molecule has 4 aromatic rings. The van der Waals surface area contributed by atoms with Crippen molar-refractivity contribution in [2.75, 3.05) is 6.61 Å². The van der Waals surface area contributed by atoms with E-state index in [1.807, 2.05) is 0 Å². The Balaban J connectivity index is 1.40. The van der Waals surface area contributed by atoms with Gasteiger partial charge in [0.25, 0.3) is 12.3 Å². The van der Waals surface area contributed by atoms with Crippen molar-refractivity contribution < 1.29 is 45.7 Å². The van der Waals surface area contributed by atoms with Gasteiger partial charge in [0, 0.05) is 22.6 Å². The zero-order valence-corrected chi connectivity index (χ0v) is 21.9. The van der Waals surface area contributed by atoms with Crippen molar-refractivity contribution >= 4 is 28.0 Å². The highest BCUT2D eigenvalue weighted by Gasteiger charge is 2.44. The van der Waals surface area contributed by atoms with E-state index in [0.29, 0.717) is 5.56 Å². The van der Waals surface area contributed by atoms with Crippen molar-refractivity contribution in [3.8, 4) is 11.5 Å². The van der Waals surface area contributed by atoms with E-state index in [1.165, 1.54) is 61.7 Å². The standard InChI is InChI=1S/C26H22F4N4O6S/c1-13(41(37)38)15-5-7-17(31-10-15)19(12-35)33-25(36)14-6-8-20-18(9-14)32-24(23(27)28)34(20)11-16-3-2-4-21-22(16)40-26(29,30)39-21/h2-10,13,19,23,35H,11-12H2,1H3,(H,33,36)(H,37,38)/p-1/t13-,19+/m1/s1. The molecular weight excluding hydrogens is 572 g/mol. The molecule has 2 aromatic heterocycles. The van der Waals surface area contributed by atoms with Gasteiger partial charge in [-0.1, -0.05) is 18.2 Å². The van der Waals surface area contributed by atoms with E-state index in [1.54, 1.807) is 0 Å². The van der Waals surface area contributed by atoms with Gasteiger partial charge in [0.1, 0.15) is 0 Å². The topological polar surface area (TPSA) is 139 Å². The number of benzene rings is 2. The highest BCUT2D eigenvalue weighted by Crippen LogP contribution is 2.44. The summed E-state index contributed by atoms with van der Waals surface area (Å²) in [5.41, 5.74) is 1.15. The van der Waals surface area contributed by atoms with Crippen LogP contribution in [0.2, 0.25) is 0 Å². The first-order valence-electron chi connectivity index (χ1n) is 12.1. The van der Waals surface area contributed by atoms with Crippen LogP contribution >= 0.6 is 0 Å². The normalized spacial score (nSPS) is 16.1. The molecule has 1 amide bonds. The number of nitrogens with zero attached hydrogens (tertiary/aromatic N) is 3. The molecule has 0 radical (unpaired) electrons. The predicted molar refractivity (Wildman–Crippen MR) is 135 cm³/mol. The number of halogens is 4. The molecule has 0 spiro atoms. The number of aromatic nitrogens is 3. The van der Waals surface area contributed by atoms with Crippen molar-refractivity contribution in [1.82, 2.24) is 19.9 Å². The number of carbonyl (C=O) groups is 1. The molecule has 0 aliphatic carbocycles. The Labute approximate surface area is 232 Å². The van der Waals surface area contributed by atoms with Crippen molar-refractivity contribution in [1.29, 1.82) is 0 Å². The number of alkyl halides is 4. The van der Waals surface area contributed by atoms with E-state index in [-0.39, 0.29) is 45.9 Å². The Morgan fingerprint density at radius 2 is 1.98 bits per heavy atom. The largest absolute Gasteiger partial charge is 0.772 e. The minimum absolute atomic E-state index is 0.0467. The average molecular weight is 594 g/mol. The van der Waals surface area contributed by atoms with Crippen LogP contribution in [0.15, 0.2) is 54.7 Å². The number of rotatable bonds is 9. The number of nitrogens with one attached hydrogen (secondary N) is 1. The van der Waals surface area contributed by atoms with Crippen LogP contribution in [0.4, 0.5) is 17.6 Å². The minimum Gasteiger partial charge on any atom is -0.772 e. The molecule has 2 aromatic carbocycles. The maximum atomic E-state index is 13.9. The summed E-state index contributed by atoms with van der Waals surface area (Å²) in [4.78, 5) is 21.1. The van der Waals surface area contributed by atoms with Crippen LogP contribution in [-0.2, 0) is 17.6 Å². The van der Waals surface area contributed by atoms with Crippen molar-refractivity contribution in [2.45, 2.75) is 37.5 Å². The van der Waals surface area contributed by atoms with Crippen LogP contribution in [0.3, 0.4) is 0 Å². The predicted octanol–water partition coefficient (Wildman–Crippen LogP) is 4.14. The number of aliphatic hydroxyl groups is 1. The summed E-state index contributed by atoms with van der Waals surface area (Å²) in [5, 5.41) is 11.6. The van der Waals surface area contributed by atoms with Crippen molar-refractivity contribution in [3.05, 3.63) is 82.9 Å². The van der Waals surface area contributed by atoms with Gasteiger partial charge in [-0.2, -0.15) is 0 Å². The van der Waals surface area contributed by atoms with Crippen LogP contribution in [0, 0.1) is 0 Å². The van der Waals surface area contributed by atoms with Gasteiger partial charge in [-0.25, -0.2) is 13.8 Å². The maximum absolute atomic E-state index is 13.9. The number of aliphatic hydroxyl groups excluding tert-OH is 1. The van der Waals surface area contributed by atoms with Gasteiger partial charge < -0.3 is 29.0 Å². The lowest BCUT2D eigenvalue weighted by Crippen LogP contribution is -2.31. The molecule has 0 saturated carbocycles. The lowest BCUT2D eigenvalue weighted by Gasteiger charge is -2.18. The van der Waals surface area contributed by atoms with E-state index in [9.17, 15) is 36.2 Å². The molecule has 1 unspecified atom stereocenters. The van der Waals surface area contributed by atoms with Gasteiger partial charge in [-0.3, -0.25) is 14.0 Å². The third kappa shape index (κ3) is 5.73. The quantitative estimate of drug-likeness (QED) is 0.218. The van der Waals surface area contributed by atoms with Crippen molar-refractivity contribution in [2.24, 2.45) is 0 Å². The van der Waals surface area contributed by atoms with Crippen LogP contribution in [0.5, 0.6) is 11.5 Å². The van der Waals surface area contributed by atoms with Crippen LogP contribution in [0.25, 0.3) is 11.0 Å². The Kier molecular flexibility index (Phi) is 7.68. The average Bonchev–Trinajstić information content (AvgIpc) is 3.47. The highest BCUT2D eigenvalue weighted by atomic mass is 32.2. The summed E-state index contributed by atoms with van der Waals surface area (Å²) in [6, 6.07) is 10.2. The van der Waals surface area contributed by atoms with E-state index in [4.69, 9.17) is 0 Å². The summed E-state index contributed by atoms with van der Waals surface area (Å²) < 4.78 is 87.6. The number of hydrogen-bond acceptors (Lipinski definition) is 8. The molecule has 3 atom stereocenters. The van der Waals surface area contributed by atoms with Crippen molar-refractivity contribution in [3.63, 3.8) is 0 Å². The Bertz CT molecular complexity index is 1630. The Morgan fingerprint density at radius 1 is 1.20 bits per heavy atom. The van der Waals surface area contributed by atoms with Crippen LogP contribution in [0.1, 0.15) is 57.6 Å². The molecule has 1 aliphatic heterocycles. The zero-order chi connectivity index (χ0) is 29.5. The first-order valence-corrected chi connectivity index (χ1v) is 13.2. The molecular formula is C26H21F4N4O6S-. The molecule has 3 heterocycles. The second kappa shape index (κ2) is 11.1. The first-order chi connectivity index (χ1) is 19.5. The Morgan fingerprint density at radius 3 is 2.63 bits per heavy atom. The van der Waals surface area contributed by atoms with E-state index in [0.717, 1.165) is 4.57 Å². The van der Waals surface area contributed by atoms with E-state index < -0.39 is 53.4 Å². The van der Waals surface area contributed by atoms with Gasteiger partial charge in [0.2, 0.25) is 0 Å². The lowest BCUT2D eigenvalue weighted by atomic mass is 10.1. The zero-order valence-electron chi connectivity index (χ0n) is 21.1. The van der Waals surface area contributed by atoms with E-state index in [2.05, 4.69) is 24.8 Å². The van der Waals surface area contributed by atoms with E-state index >= 15 is 0 Å². The number of fused-ring (bicyclic) bond motifs is 2. The number of pyridine rings is 1. The number of para-hydroxylation sites is 1. The smallest absolute Gasteiger partial charge is 0.586 e. The number of imidazole rings is 1. The molecule has 0 saturated heterocycles. The second-order valence-electron chi connectivity index (χ2n) is 9.10. The molecule has 216 valence electrons. The lowest BCUT2D eigenvalue weighted by molar-refractivity contribution is -0.287. The van der Waals surface area contributed by atoms with Crippen LogP contribution in [-0.4, -0.2) is 47.2 Å². The molecule has 2 N–H and O–H groups in total. The molecule has 0 fully saturated rings. The highest BCUT2D eigenvalue weighted by molar-refractivity contribution is 7.79. The van der Waals surface area contributed by atoms with Gasteiger partial charge in [-0.15, -0.1) is 8.78 Å². The molecule has 41 heavy (non-hydrogen) atoms. The third-order valence-electron chi connectivity index (χ3n) is 6.49. The SMILES string of the molecule is C[C@H](c1ccc([C@H](CO)NC(=O)c2ccc3c(c2)nc(C(F)F)n3Cc2cccc3c2OC(F)(F)O3)nc1)S(=O)[O-]. The fraction of sp³-hybridized carbons (Fsp3) is 0.269. The molecule has 0 bridgehead atoms. The number of amides is 1. The number of carbonyl (C=O) groups excluding carboxylic acids is 1. The summed E-state index contributed by atoms with van der Waals surface area (Å²) in [6.45, 7) is 0.659. The maximum Gasteiger partial charge on any atom is 0.586 e. The number of ether oxygens (including phenoxy) is 2. The fourth-order valence-corrected chi connectivity index (χ4v) is 4.73.